The van der Waals surface area contributed by atoms with Gasteiger partial charge >= 0.3 is 0 Å². The molecule has 2 aliphatic rings. The molecule has 0 N–H and O–H groups in total. The highest BCUT2D eigenvalue weighted by atomic mass is 16.5. The van der Waals surface area contributed by atoms with Crippen molar-refractivity contribution in [3.63, 3.8) is 0 Å². The predicted molar refractivity (Wildman–Crippen MR) is 74.6 cm³/mol. The van der Waals surface area contributed by atoms with Gasteiger partial charge in [-0.05, 0) is 25.7 Å². The molecule has 2 bridgehead atoms. The summed E-state index contributed by atoms with van der Waals surface area (Å²) in [5.41, 5.74) is 0. The van der Waals surface area contributed by atoms with Crippen molar-refractivity contribution >= 4 is 0 Å². The van der Waals surface area contributed by atoms with Gasteiger partial charge in [0.15, 0.2) is 11.7 Å². The van der Waals surface area contributed by atoms with Crippen LogP contribution in [-0.2, 0) is 6.54 Å². The highest BCUT2D eigenvalue weighted by molar-refractivity contribution is 5.07. The Morgan fingerprint density at radius 3 is 2.52 bits per heavy atom. The molecule has 2 saturated heterocycles. The molecule has 0 aromatic carbocycles. The Labute approximate surface area is 123 Å². The molecule has 2 aliphatic heterocycles. The van der Waals surface area contributed by atoms with Crippen LogP contribution in [0.4, 0.5) is 0 Å². The van der Waals surface area contributed by atoms with Crippen molar-refractivity contribution in [1.82, 2.24) is 20.0 Å². The molecule has 0 amide bonds. The van der Waals surface area contributed by atoms with E-state index < -0.39 is 0 Å². The average molecular weight is 288 g/mol. The van der Waals surface area contributed by atoms with Crippen LogP contribution in [0.25, 0.3) is 0 Å². The van der Waals surface area contributed by atoms with Crippen LogP contribution in [0, 0.1) is 13.8 Å². The smallest absolute Gasteiger partial charge is 0.223 e. The summed E-state index contributed by atoms with van der Waals surface area (Å²) in [7, 11) is 0. The molecular formula is C15H20N4O2. The topological polar surface area (TPSA) is 68.2 Å². The number of rotatable bonds is 3. The molecule has 4 rings (SSSR count). The summed E-state index contributed by atoms with van der Waals surface area (Å²) in [6, 6.07) is 1.19. The van der Waals surface area contributed by atoms with E-state index in [0.717, 1.165) is 36.9 Å². The van der Waals surface area contributed by atoms with Gasteiger partial charge in [0.25, 0.3) is 0 Å². The van der Waals surface area contributed by atoms with E-state index in [1.54, 1.807) is 0 Å². The third-order valence-corrected chi connectivity index (χ3v) is 4.80. The van der Waals surface area contributed by atoms with Crippen LogP contribution in [0.5, 0.6) is 0 Å². The van der Waals surface area contributed by atoms with Gasteiger partial charge in [-0.15, -0.1) is 0 Å². The van der Waals surface area contributed by atoms with Crippen molar-refractivity contribution in [2.75, 3.05) is 0 Å². The number of nitrogens with zero attached hydrogens (tertiary/aromatic N) is 4. The summed E-state index contributed by atoms with van der Waals surface area (Å²) < 4.78 is 10.8. The van der Waals surface area contributed by atoms with Crippen molar-refractivity contribution in [2.24, 2.45) is 0 Å². The molecule has 2 fully saturated rings. The average Bonchev–Trinajstić information content (AvgIpc) is 3.11. The molecule has 0 radical (unpaired) electrons. The zero-order valence-electron chi connectivity index (χ0n) is 12.5. The maximum atomic E-state index is 5.63. The van der Waals surface area contributed by atoms with Crippen molar-refractivity contribution in [3.8, 4) is 0 Å². The third kappa shape index (κ3) is 2.37. The summed E-state index contributed by atoms with van der Waals surface area (Å²) >= 11 is 0. The molecule has 2 aromatic heterocycles. The molecule has 2 atom stereocenters. The van der Waals surface area contributed by atoms with Crippen molar-refractivity contribution in [2.45, 2.75) is 64.1 Å². The Morgan fingerprint density at radius 2 is 1.95 bits per heavy atom. The minimum absolute atomic E-state index is 0.438. The normalized spacial score (nSPS) is 29.1. The second-order valence-corrected chi connectivity index (χ2v) is 6.24. The first-order chi connectivity index (χ1) is 10.2. The molecule has 2 unspecified atom stereocenters. The highest BCUT2D eigenvalue weighted by Crippen LogP contribution is 2.42. The lowest BCUT2D eigenvalue weighted by atomic mass is 9.90. The fraction of sp³-hybridized carbons (Fsp3) is 0.667. The van der Waals surface area contributed by atoms with Gasteiger partial charge < -0.3 is 8.94 Å². The number of aromatic nitrogens is 3. The van der Waals surface area contributed by atoms with E-state index in [4.69, 9.17) is 8.94 Å². The Bertz CT molecular complexity index is 621. The second-order valence-electron chi connectivity index (χ2n) is 6.24. The van der Waals surface area contributed by atoms with Gasteiger partial charge in [0.1, 0.15) is 5.76 Å². The highest BCUT2D eigenvalue weighted by Gasteiger charge is 2.42. The number of hydrogen-bond acceptors (Lipinski definition) is 6. The maximum Gasteiger partial charge on any atom is 0.223 e. The lowest BCUT2D eigenvalue weighted by molar-refractivity contribution is 0.106. The van der Waals surface area contributed by atoms with E-state index in [-0.39, 0.29) is 0 Å². The van der Waals surface area contributed by atoms with Crippen LogP contribution in [0.15, 0.2) is 15.1 Å². The maximum absolute atomic E-state index is 5.63. The minimum Gasteiger partial charge on any atom is -0.445 e. The second kappa shape index (κ2) is 4.94. The van der Waals surface area contributed by atoms with Gasteiger partial charge in [0.05, 0.1) is 12.7 Å². The molecule has 6 heteroatoms. The first-order valence-electron chi connectivity index (χ1n) is 7.66. The number of piperidine rings is 1. The Balaban J connectivity index is 1.48. The quantitative estimate of drug-likeness (QED) is 0.864. The Hall–Kier alpha value is -1.69. The van der Waals surface area contributed by atoms with Gasteiger partial charge in [-0.2, -0.15) is 4.98 Å². The molecule has 0 spiro atoms. The Morgan fingerprint density at radius 1 is 1.19 bits per heavy atom. The molecule has 21 heavy (non-hydrogen) atoms. The van der Waals surface area contributed by atoms with Crippen molar-refractivity contribution in [1.29, 1.82) is 0 Å². The van der Waals surface area contributed by atoms with E-state index in [1.165, 1.54) is 12.8 Å². The first-order valence-corrected chi connectivity index (χ1v) is 7.66. The first kappa shape index (κ1) is 13.0. The van der Waals surface area contributed by atoms with Crippen LogP contribution in [0.1, 0.15) is 55.0 Å². The van der Waals surface area contributed by atoms with Gasteiger partial charge in [0.2, 0.25) is 5.89 Å². The molecule has 0 saturated carbocycles. The molecule has 6 nitrogen and oxygen atoms in total. The van der Waals surface area contributed by atoms with E-state index in [9.17, 15) is 0 Å². The van der Waals surface area contributed by atoms with Crippen molar-refractivity contribution < 1.29 is 8.94 Å². The third-order valence-electron chi connectivity index (χ3n) is 4.80. The summed E-state index contributed by atoms with van der Waals surface area (Å²) in [5, 5.41) is 4.12. The largest absolute Gasteiger partial charge is 0.445 e. The summed E-state index contributed by atoms with van der Waals surface area (Å²) in [6.45, 7) is 4.61. The lowest BCUT2D eigenvalue weighted by Crippen LogP contribution is -2.41. The number of oxazole rings is 1. The standard InChI is InChI=1S/C15H20N4O2/c1-9-16-7-14(20-9)8-19-12-3-4-13(19)6-11(5-12)15-17-10(2)21-18-15/h7,11-13H,3-6,8H2,1-2H3. The van der Waals surface area contributed by atoms with E-state index >= 15 is 0 Å². The minimum atomic E-state index is 0.438. The fourth-order valence-corrected chi connectivity index (χ4v) is 3.88. The van der Waals surface area contributed by atoms with Gasteiger partial charge in [-0.1, -0.05) is 5.16 Å². The number of hydrogen-bond donors (Lipinski definition) is 0. The molecule has 0 aliphatic carbocycles. The van der Waals surface area contributed by atoms with Gasteiger partial charge in [-0.3, -0.25) is 4.90 Å². The fourth-order valence-electron chi connectivity index (χ4n) is 3.88. The Kier molecular flexibility index (Phi) is 3.06. The van der Waals surface area contributed by atoms with E-state index in [0.29, 0.717) is 23.9 Å². The zero-order chi connectivity index (χ0) is 14.4. The van der Waals surface area contributed by atoms with Gasteiger partial charge in [-0.25, -0.2) is 4.98 Å². The summed E-state index contributed by atoms with van der Waals surface area (Å²) in [5.74, 6) is 3.71. The van der Waals surface area contributed by atoms with E-state index in [1.807, 2.05) is 20.0 Å². The molecule has 4 heterocycles. The summed E-state index contributed by atoms with van der Waals surface area (Å²) in [6.07, 6.45) is 6.59. The van der Waals surface area contributed by atoms with Gasteiger partial charge in [0, 0.05) is 31.8 Å². The molecule has 112 valence electrons. The number of fused-ring (bicyclic) bond motifs is 2. The summed E-state index contributed by atoms with van der Waals surface area (Å²) in [4.78, 5) is 11.2. The van der Waals surface area contributed by atoms with Crippen LogP contribution in [0.2, 0.25) is 0 Å². The molecule has 2 aromatic rings. The van der Waals surface area contributed by atoms with Crippen molar-refractivity contribution in [3.05, 3.63) is 29.6 Å². The number of aryl methyl sites for hydroxylation is 2. The van der Waals surface area contributed by atoms with Crippen LogP contribution in [0.3, 0.4) is 0 Å². The van der Waals surface area contributed by atoms with Crippen LogP contribution >= 0.6 is 0 Å². The zero-order valence-corrected chi connectivity index (χ0v) is 12.5. The monoisotopic (exact) mass is 288 g/mol. The van der Waals surface area contributed by atoms with Crippen LogP contribution < -0.4 is 0 Å². The van der Waals surface area contributed by atoms with Crippen LogP contribution in [-0.4, -0.2) is 32.1 Å². The molecular weight excluding hydrogens is 268 g/mol. The SMILES string of the molecule is Cc1nc(C2CC3CCC(C2)N3Cc2cnc(C)o2)no1. The lowest BCUT2D eigenvalue weighted by Gasteiger charge is -2.37. The van der Waals surface area contributed by atoms with E-state index in [2.05, 4.69) is 20.0 Å². The predicted octanol–water partition coefficient (Wildman–Crippen LogP) is 2.59.